The maximum Gasteiger partial charge on any atom is 0.223 e. The van der Waals surface area contributed by atoms with Crippen molar-refractivity contribution >= 4 is 11.6 Å². The molecule has 1 amide bonds. The molecule has 0 atom stereocenters. The number of rotatable bonds is 6. The van der Waals surface area contributed by atoms with Gasteiger partial charge in [0.1, 0.15) is 0 Å². The molecule has 17 heavy (non-hydrogen) atoms. The van der Waals surface area contributed by atoms with E-state index < -0.39 is 0 Å². The maximum absolute atomic E-state index is 11.2. The van der Waals surface area contributed by atoms with E-state index in [9.17, 15) is 4.79 Å². The molecule has 0 spiro atoms. The number of nitrogens with zero attached hydrogens (tertiary/aromatic N) is 1. The number of carbonyl (C=O) groups excluding carboxylic acids is 1. The first-order valence-electron chi connectivity index (χ1n) is 6.48. The van der Waals surface area contributed by atoms with Gasteiger partial charge in [-0.3, -0.25) is 4.79 Å². The molecule has 1 aromatic carbocycles. The molecule has 2 nitrogen and oxygen atoms in total. The second-order valence-electron chi connectivity index (χ2n) is 4.56. The van der Waals surface area contributed by atoms with Crippen LogP contribution in [0.1, 0.15) is 45.1 Å². The van der Waals surface area contributed by atoms with Crippen molar-refractivity contribution in [1.29, 1.82) is 0 Å². The average Bonchev–Trinajstić information content (AvgIpc) is 2.34. The summed E-state index contributed by atoms with van der Waals surface area (Å²) in [6.45, 7) is 3.81. The molecule has 0 aromatic heterocycles. The molecular formula is C15H23NO. The lowest BCUT2D eigenvalue weighted by molar-refractivity contribution is -0.116. The fourth-order valence-electron chi connectivity index (χ4n) is 1.82. The molecule has 0 aliphatic heterocycles. The quantitative estimate of drug-likeness (QED) is 0.684. The van der Waals surface area contributed by atoms with Gasteiger partial charge in [-0.15, -0.1) is 0 Å². The van der Waals surface area contributed by atoms with Gasteiger partial charge < -0.3 is 4.90 Å². The number of anilines is 1. The van der Waals surface area contributed by atoms with Crippen LogP contribution in [0.25, 0.3) is 0 Å². The SMILES string of the molecule is CCCCCCc1ccc(N(C)C(C)=O)cc1. The number of hydrogen-bond acceptors (Lipinski definition) is 1. The summed E-state index contributed by atoms with van der Waals surface area (Å²) in [6, 6.07) is 8.30. The van der Waals surface area contributed by atoms with Crippen LogP contribution in [0.3, 0.4) is 0 Å². The minimum absolute atomic E-state index is 0.0701. The van der Waals surface area contributed by atoms with E-state index in [1.54, 1.807) is 18.9 Å². The van der Waals surface area contributed by atoms with Gasteiger partial charge in [0, 0.05) is 19.7 Å². The number of benzene rings is 1. The highest BCUT2D eigenvalue weighted by molar-refractivity contribution is 5.90. The lowest BCUT2D eigenvalue weighted by Crippen LogP contribution is -2.22. The van der Waals surface area contributed by atoms with Gasteiger partial charge in [0.25, 0.3) is 0 Å². The van der Waals surface area contributed by atoms with Crippen molar-refractivity contribution in [2.45, 2.75) is 46.0 Å². The average molecular weight is 233 g/mol. The van der Waals surface area contributed by atoms with E-state index >= 15 is 0 Å². The Balaban J connectivity index is 2.47. The Hall–Kier alpha value is -1.31. The van der Waals surface area contributed by atoms with Crippen molar-refractivity contribution in [3.8, 4) is 0 Å². The van der Waals surface area contributed by atoms with E-state index in [1.165, 1.54) is 31.2 Å². The Bertz CT molecular complexity index is 342. The van der Waals surface area contributed by atoms with Gasteiger partial charge >= 0.3 is 0 Å². The summed E-state index contributed by atoms with van der Waals surface area (Å²) in [5.41, 5.74) is 2.33. The van der Waals surface area contributed by atoms with Crippen LogP contribution >= 0.6 is 0 Å². The van der Waals surface area contributed by atoms with Crippen LogP contribution in [0.4, 0.5) is 5.69 Å². The third kappa shape index (κ3) is 4.59. The van der Waals surface area contributed by atoms with E-state index in [1.807, 2.05) is 12.1 Å². The Kier molecular flexibility index (Phi) is 5.75. The number of amides is 1. The fraction of sp³-hybridized carbons (Fsp3) is 0.533. The predicted octanol–water partition coefficient (Wildman–Crippen LogP) is 3.79. The highest BCUT2D eigenvalue weighted by Gasteiger charge is 2.04. The molecule has 0 bridgehead atoms. The zero-order valence-electron chi connectivity index (χ0n) is 11.2. The minimum atomic E-state index is 0.0701. The third-order valence-electron chi connectivity index (χ3n) is 3.11. The van der Waals surface area contributed by atoms with Crippen LogP contribution in [0, 0.1) is 0 Å². The highest BCUT2D eigenvalue weighted by atomic mass is 16.2. The molecule has 1 rings (SSSR count). The summed E-state index contributed by atoms with van der Waals surface area (Å²) in [7, 11) is 1.80. The van der Waals surface area contributed by atoms with E-state index in [2.05, 4.69) is 19.1 Å². The maximum atomic E-state index is 11.2. The molecule has 0 unspecified atom stereocenters. The summed E-state index contributed by atoms with van der Waals surface area (Å²) >= 11 is 0. The van der Waals surface area contributed by atoms with E-state index in [-0.39, 0.29) is 5.91 Å². The molecule has 0 saturated carbocycles. The Morgan fingerprint density at radius 2 is 1.76 bits per heavy atom. The van der Waals surface area contributed by atoms with E-state index in [0.29, 0.717) is 0 Å². The fourth-order valence-corrected chi connectivity index (χ4v) is 1.82. The summed E-state index contributed by atoms with van der Waals surface area (Å²) in [5.74, 6) is 0.0701. The Morgan fingerprint density at radius 3 is 2.29 bits per heavy atom. The minimum Gasteiger partial charge on any atom is -0.316 e. The smallest absolute Gasteiger partial charge is 0.223 e. The molecular weight excluding hydrogens is 210 g/mol. The highest BCUT2D eigenvalue weighted by Crippen LogP contribution is 2.15. The van der Waals surface area contributed by atoms with Gasteiger partial charge in [-0.2, -0.15) is 0 Å². The van der Waals surface area contributed by atoms with Crippen molar-refractivity contribution in [3.05, 3.63) is 29.8 Å². The van der Waals surface area contributed by atoms with Gasteiger partial charge in [0.05, 0.1) is 0 Å². The first-order chi connectivity index (χ1) is 8.15. The standard InChI is InChI=1S/C15H23NO/c1-4-5-6-7-8-14-9-11-15(12-10-14)16(3)13(2)17/h9-12H,4-8H2,1-3H3. The second kappa shape index (κ2) is 7.10. The number of hydrogen-bond donors (Lipinski definition) is 0. The largest absolute Gasteiger partial charge is 0.316 e. The molecule has 0 aliphatic rings. The van der Waals surface area contributed by atoms with Crippen LogP contribution in [0.5, 0.6) is 0 Å². The normalized spacial score (nSPS) is 10.3. The Labute approximate surface area is 105 Å². The molecule has 0 radical (unpaired) electrons. The van der Waals surface area contributed by atoms with Crippen LogP contribution in [0.2, 0.25) is 0 Å². The summed E-state index contributed by atoms with van der Waals surface area (Å²) in [4.78, 5) is 12.9. The topological polar surface area (TPSA) is 20.3 Å². The van der Waals surface area contributed by atoms with Gasteiger partial charge in [0.15, 0.2) is 0 Å². The summed E-state index contributed by atoms with van der Waals surface area (Å²) in [5, 5.41) is 0. The molecule has 0 N–H and O–H groups in total. The van der Waals surface area contributed by atoms with Crippen LogP contribution < -0.4 is 4.90 Å². The number of unbranched alkanes of at least 4 members (excludes halogenated alkanes) is 3. The summed E-state index contributed by atoms with van der Waals surface area (Å²) < 4.78 is 0. The van der Waals surface area contributed by atoms with Gasteiger partial charge in [-0.25, -0.2) is 0 Å². The number of carbonyl (C=O) groups is 1. The monoisotopic (exact) mass is 233 g/mol. The molecule has 0 saturated heterocycles. The molecule has 2 heteroatoms. The van der Waals surface area contributed by atoms with Crippen molar-refractivity contribution < 1.29 is 4.79 Å². The molecule has 0 heterocycles. The first kappa shape index (κ1) is 13.8. The second-order valence-corrected chi connectivity index (χ2v) is 4.56. The van der Waals surface area contributed by atoms with Crippen LogP contribution in [-0.4, -0.2) is 13.0 Å². The molecule has 0 aliphatic carbocycles. The lowest BCUT2D eigenvalue weighted by atomic mass is 10.1. The Morgan fingerprint density at radius 1 is 1.12 bits per heavy atom. The van der Waals surface area contributed by atoms with Crippen molar-refractivity contribution in [3.63, 3.8) is 0 Å². The molecule has 0 fully saturated rings. The van der Waals surface area contributed by atoms with Gasteiger partial charge in [0.2, 0.25) is 5.91 Å². The lowest BCUT2D eigenvalue weighted by Gasteiger charge is -2.15. The third-order valence-corrected chi connectivity index (χ3v) is 3.11. The van der Waals surface area contributed by atoms with Crippen LogP contribution in [-0.2, 0) is 11.2 Å². The molecule has 1 aromatic rings. The van der Waals surface area contributed by atoms with Gasteiger partial charge in [-0.1, -0.05) is 38.3 Å². The number of aryl methyl sites for hydroxylation is 1. The summed E-state index contributed by atoms with van der Waals surface area (Å²) in [6.07, 6.45) is 6.32. The zero-order chi connectivity index (χ0) is 12.7. The van der Waals surface area contributed by atoms with E-state index in [4.69, 9.17) is 0 Å². The van der Waals surface area contributed by atoms with Crippen molar-refractivity contribution in [2.75, 3.05) is 11.9 Å². The van der Waals surface area contributed by atoms with Crippen molar-refractivity contribution in [1.82, 2.24) is 0 Å². The van der Waals surface area contributed by atoms with Gasteiger partial charge in [-0.05, 0) is 30.5 Å². The predicted molar refractivity (Wildman–Crippen MR) is 73.4 cm³/mol. The first-order valence-corrected chi connectivity index (χ1v) is 6.48. The van der Waals surface area contributed by atoms with Crippen LogP contribution in [0.15, 0.2) is 24.3 Å². The zero-order valence-corrected chi connectivity index (χ0v) is 11.2. The van der Waals surface area contributed by atoms with E-state index in [0.717, 1.165) is 12.1 Å². The molecule has 94 valence electrons. The van der Waals surface area contributed by atoms with Crippen molar-refractivity contribution in [2.24, 2.45) is 0 Å².